The number of nitrogens with one attached hydrogen (secondary N) is 1. The van der Waals surface area contributed by atoms with E-state index in [1.165, 1.54) is 39.7 Å². The fourth-order valence-electron chi connectivity index (χ4n) is 6.21. The average Bonchev–Trinajstić information content (AvgIpc) is 3.33. The minimum Gasteiger partial charge on any atom is -0.371 e. The van der Waals surface area contributed by atoms with Crippen LogP contribution in [0.3, 0.4) is 0 Å². The Morgan fingerprint density at radius 2 is 1.40 bits per heavy atom. The highest BCUT2D eigenvalue weighted by atomic mass is 35.5. The van der Waals surface area contributed by atoms with Crippen molar-refractivity contribution in [2.24, 2.45) is 4.99 Å². The van der Waals surface area contributed by atoms with E-state index in [4.69, 9.17) is 16.6 Å². The summed E-state index contributed by atoms with van der Waals surface area (Å²) in [5.41, 5.74) is 8.53. The van der Waals surface area contributed by atoms with Crippen molar-refractivity contribution >= 4 is 51.9 Å². The highest BCUT2D eigenvalue weighted by Gasteiger charge is 2.35. The zero-order chi connectivity index (χ0) is 27.1. The molecule has 0 radical (unpaired) electrons. The van der Waals surface area contributed by atoms with Crippen LogP contribution in [0.15, 0.2) is 107 Å². The molecule has 4 aromatic rings. The normalized spacial score (nSPS) is 21.9. The molecule has 1 fully saturated rings. The Balaban J connectivity index is 1.31. The van der Waals surface area contributed by atoms with Gasteiger partial charge in [-0.05, 0) is 82.8 Å². The maximum Gasteiger partial charge on any atom is 0.264 e. The molecule has 0 unspecified atom stereocenters. The highest BCUT2D eigenvalue weighted by Crippen LogP contribution is 2.50. The van der Waals surface area contributed by atoms with Crippen molar-refractivity contribution in [3.8, 4) is 0 Å². The molecule has 3 heterocycles. The molecule has 40 heavy (non-hydrogen) atoms. The molecule has 0 aromatic heterocycles. The molecule has 0 bridgehead atoms. The summed E-state index contributed by atoms with van der Waals surface area (Å²) in [4.78, 5) is 21.0. The van der Waals surface area contributed by atoms with Crippen molar-refractivity contribution in [2.45, 2.75) is 24.7 Å². The Bertz CT molecular complexity index is 1560. The molecule has 3 aliphatic rings. The maximum absolute atomic E-state index is 12.8. The number of carbonyl (C=O) groups is 1. The summed E-state index contributed by atoms with van der Waals surface area (Å²) in [7, 11) is 0. The first-order valence-electron chi connectivity index (χ1n) is 13.7. The van der Waals surface area contributed by atoms with E-state index in [0.29, 0.717) is 26.9 Å². The van der Waals surface area contributed by atoms with Gasteiger partial charge in [-0.3, -0.25) is 4.79 Å². The smallest absolute Gasteiger partial charge is 0.264 e. The molecule has 0 saturated carbocycles. The number of benzene rings is 4. The molecule has 198 valence electrons. The van der Waals surface area contributed by atoms with Crippen LogP contribution in [-0.2, 0) is 4.79 Å². The van der Waals surface area contributed by atoms with Crippen LogP contribution in [0.1, 0.15) is 52.5 Å². The van der Waals surface area contributed by atoms with Gasteiger partial charge < -0.3 is 10.2 Å². The summed E-state index contributed by atoms with van der Waals surface area (Å²) in [6.45, 7) is 2.11. The van der Waals surface area contributed by atoms with Crippen LogP contribution in [0.5, 0.6) is 0 Å². The minimum absolute atomic E-state index is 0.131. The Kier molecular flexibility index (Phi) is 6.70. The molecule has 1 N–H and O–H groups in total. The average molecular weight is 562 g/mol. The number of carbonyl (C=O) groups excluding carboxylic acids is 1. The second-order valence-electron chi connectivity index (χ2n) is 10.5. The van der Waals surface area contributed by atoms with Crippen LogP contribution < -0.4 is 10.2 Å². The van der Waals surface area contributed by atoms with Gasteiger partial charge in [-0.2, -0.15) is 0 Å². The summed E-state index contributed by atoms with van der Waals surface area (Å²) in [5, 5.41) is 4.26. The summed E-state index contributed by atoms with van der Waals surface area (Å²) in [5.74, 6) is 0.493. The van der Waals surface area contributed by atoms with Crippen molar-refractivity contribution in [1.82, 2.24) is 5.32 Å². The monoisotopic (exact) mass is 561 g/mol. The van der Waals surface area contributed by atoms with Crippen molar-refractivity contribution in [3.63, 3.8) is 0 Å². The lowest BCUT2D eigenvalue weighted by molar-refractivity contribution is -0.115. The Hall–Kier alpha value is -3.80. The fourth-order valence-corrected chi connectivity index (χ4v) is 7.18. The predicted octanol–water partition coefficient (Wildman–Crippen LogP) is 8.11. The van der Waals surface area contributed by atoms with Gasteiger partial charge in [-0.1, -0.05) is 84.4 Å². The fraction of sp³-hybridized carbons (Fsp3) is 0.176. The van der Waals surface area contributed by atoms with Gasteiger partial charge in [0.05, 0.1) is 10.6 Å². The number of rotatable bonds is 4. The van der Waals surface area contributed by atoms with Gasteiger partial charge in [0.25, 0.3) is 5.91 Å². The van der Waals surface area contributed by atoms with E-state index in [1.54, 1.807) is 0 Å². The van der Waals surface area contributed by atoms with Gasteiger partial charge >= 0.3 is 0 Å². The van der Waals surface area contributed by atoms with Crippen LogP contribution in [0.2, 0.25) is 5.02 Å². The molecule has 7 rings (SSSR count). The first-order valence-corrected chi connectivity index (χ1v) is 14.9. The summed E-state index contributed by atoms with van der Waals surface area (Å²) in [6, 6.07) is 33.6. The molecule has 2 atom stereocenters. The third kappa shape index (κ3) is 4.85. The number of thioether (sulfide) groups is 1. The summed E-state index contributed by atoms with van der Waals surface area (Å²) in [6.07, 6.45) is 4.03. The topological polar surface area (TPSA) is 44.7 Å². The first kappa shape index (κ1) is 25.2. The largest absolute Gasteiger partial charge is 0.371 e. The van der Waals surface area contributed by atoms with E-state index >= 15 is 0 Å². The number of halogens is 1. The maximum atomic E-state index is 12.8. The number of nitrogens with zero attached hydrogens (tertiary/aromatic N) is 2. The Morgan fingerprint density at radius 1 is 0.825 bits per heavy atom. The summed E-state index contributed by atoms with van der Waals surface area (Å²) < 4.78 is 0. The molecule has 1 saturated heterocycles. The predicted molar refractivity (Wildman–Crippen MR) is 167 cm³/mol. The van der Waals surface area contributed by atoms with Crippen LogP contribution in [0.4, 0.5) is 11.4 Å². The van der Waals surface area contributed by atoms with Crippen LogP contribution in [0.25, 0.3) is 6.08 Å². The molecular weight excluding hydrogens is 534 g/mol. The van der Waals surface area contributed by atoms with Gasteiger partial charge in [-0.25, -0.2) is 4.99 Å². The number of hydrogen-bond acceptors (Lipinski definition) is 4. The lowest BCUT2D eigenvalue weighted by Gasteiger charge is -2.43. The van der Waals surface area contributed by atoms with Crippen LogP contribution in [0, 0.1) is 0 Å². The van der Waals surface area contributed by atoms with Crippen LogP contribution >= 0.6 is 23.4 Å². The van der Waals surface area contributed by atoms with Gasteiger partial charge in [0.2, 0.25) is 0 Å². The van der Waals surface area contributed by atoms with Crippen LogP contribution in [-0.4, -0.2) is 24.2 Å². The van der Waals surface area contributed by atoms with Crippen molar-refractivity contribution in [2.75, 3.05) is 18.0 Å². The quantitative estimate of drug-likeness (QED) is 0.256. The van der Waals surface area contributed by atoms with E-state index < -0.39 is 0 Å². The lowest BCUT2D eigenvalue weighted by Crippen LogP contribution is -2.37. The number of hydrogen-bond donors (Lipinski definition) is 1. The molecule has 0 spiro atoms. The molecule has 6 heteroatoms. The molecule has 4 nitrogen and oxygen atoms in total. The first-order chi connectivity index (χ1) is 19.6. The highest BCUT2D eigenvalue weighted by molar-refractivity contribution is 8.18. The Morgan fingerprint density at radius 3 is 1.98 bits per heavy atom. The third-order valence-corrected chi connectivity index (χ3v) is 9.21. The second-order valence-corrected chi connectivity index (χ2v) is 12.0. The molecule has 4 aromatic carbocycles. The van der Waals surface area contributed by atoms with E-state index in [9.17, 15) is 4.79 Å². The SMILES string of the molecule is O=C1NC(=Nc2cc3c4c(c2)[C@H](c2ccccc2)CCN4CC[C@H]3c2ccccc2)S/C1=C\c1ccc(Cl)cc1. The van der Waals surface area contributed by atoms with E-state index in [-0.39, 0.29) is 5.91 Å². The lowest BCUT2D eigenvalue weighted by atomic mass is 9.76. The van der Waals surface area contributed by atoms with Crippen molar-refractivity contribution in [3.05, 3.63) is 135 Å². The molecule has 1 amide bonds. The summed E-state index contributed by atoms with van der Waals surface area (Å²) >= 11 is 7.41. The van der Waals surface area contributed by atoms with E-state index in [0.717, 1.165) is 37.2 Å². The van der Waals surface area contributed by atoms with Gasteiger partial charge in [0.1, 0.15) is 0 Å². The van der Waals surface area contributed by atoms with E-state index in [2.05, 4.69) is 83.0 Å². The standard InChI is InChI=1S/C34H28ClN3OS/c35-25-13-11-22(12-14-25)19-31-33(39)37-34(40-31)36-26-20-29-27(23-7-3-1-4-8-23)15-17-38-18-16-28(30(21-26)32(29)38)24-9-5-2-6-10-24/h1-14,19-21,27-28H,15-18H2,(H,36,37,39)/b31-19-/t27-,28-/m0/s1. The zero-order valence-corrected chi connectivity index (χ0v) is 23.5. The minimum atomic E-state index is -0.131. The number of amides is 1. The van der Waals surface area contributed by atoms with E-state index in [1.807, 2.05) is 30.3 Å². The second kappa shape index (κ2) is 10.6. The number of aliphatic imine (C=N–C) groups is 1. The third-order valence-electron chi connectivity index (χ3n) is 8.05. The van der Waals surface area contributed by atoms with Gasteiger partial charge in [0.15, 0.2) is 5.17 Å². The molecular formula is C34H28ClN3OS. The van der Waals surface area contributed by atoms with Crippen molar-refractivity contribution < 1.29 is 4.79 Å². The number of amidine groups is 1. The molecule has 0 aliphatic carbocycles. The van der Waals surface area contributed by atoms with Gasteiger partial charge in [0, 0.05) is 35.6 Å². The number of anilines is 1. The van der Waals surface area contributed by atoms with Crippen molar-refractivity contribution in [1.29, 1.82) is 0 Å². The zero-order valence-electron chi connectivity index (χ0n) is 21.9. The van der Waals surface area contributed by atoms with Gasteiger partial charge in [-0.15, -0.1) is 0 Å². The molecule has 3 aliphatic heterocycles. The Labute approximate surface area is 243 Å².